The lowest BCUT2D eigenvalue weighted by Gasteiger charge is -2.24. The summed E-state index contributed by atoms with van der Waals surface area (Å²) in [6.45, 7) is 5.97. The Hall–Kier alpha value is -2.19. The predicted octanol–water partition coefficient (Wildman–Crippen LogP) is 7.20. The second kappa shape index (κ2) is 13.2. The number of aromatic nitrogens is 1. The Balaban J connectivity index is 1.64. The number of allylic oxidation sites excluding steroid dienone is 1. The lowest BCUT2D eigenvalue weighted by Crippen LogP contribution is -2.39. The molecule has 6 nitrogen and oxygen atoms in total. The molecule has 0 amide bonds. The number of carbonyl (C=O) groups is 1. The largest absolute Gasteiger partial charge is 0.487 e. The highest BCUT2D eigenvalue weighted by atomic mass is 127. The number of esters is 1. The first-order valence-electron chi connectivity index (χ1n) is 12.9. The number of hydrogen-bond donors (Lipinski definition) is 0. The summed E-state index contributed by atoms with van der Waals surface area (Å²) in [5.41, 5.74) is 4.05. The number of benzene rings is 3. The molecule has 1 atom stereocenters. The van der Waals surface area contributed by atoms with E-state index in [1.807, 2.05) is 55.5 Å². The van der Waals surface area contributed by atoms with Gasteiger partial charge >= 0.3 is 5.97 Å². The molecular weight excluding hydrogens is 821 g/mol. The van der Waals surface area contributed by atoms with E-state index in [1.54, 1.807) is 30.5 Å². The van der Waals surface area contributed by atoms with Gasteiger partial charge in [0.2, 0.25) is 0 Å². The number of aryl methyl sites for hydroxylation is 1. The standard InChI is InChI=1S/C31H24Cl2I2N2O4S/c1-4-40-30(39)26-17(3)36-31-37(27(26)18-7-5-16(2)6-8-18)29(38)25(42-31)12-20-11-22(34)14-24(35)28(20)41-15-19-9-10-21(32)13-23(19)33/h5-14,27H,4,15H2,1-3H3/b25-12-/t27-/m0/s1. The fourth-order valence-corrected chi connectivity index (χ4v) is 8.17. The summed E-state index contributed by atoms with van der Waals surface area (Å²) >= 11 is 18.2. The van der Waals surface area contributed by atoms with Crippen molar-refractivity contribution >= 4 is 91.8 Å². The van der Waals surface area contributed by atoms with Gasteiger partial charge in [-0.1, -0.05) is 70.4 Å². The van der Waals surface area contributed by atoms with E-state index >= 15 is 0 Å². The molecule has 0 fully saturated rings. The molecule has 0 saturated heterocycles. The van der Waals surface area contributed by atoms with Gasteiger partial charge in [0.1, 0.15) is 12.4 Å². The number of fused-ring (bicyclic) bond motifs is 1. The highest BCUT2D eigenvalue weighted by Crippen LogP contribution is 2.33. The number of ether oxygens (including phenoxy) is 2. The van der Waals surface area contributed by atoms with Gasteiger partial charge in [-0.3, -0.25) is 9.36 Å². The van der Waals surface area contributed by atoms with E-state index in [4.69, 9.17) is 32.7 Å². The van der Waals surface area contributed by atoms with Crippen molar-refractivity contribution in [1.29, 1.82) is 0 Å². The minimum absolute atomic E-state index is 0.218. The van der Waals surface area contributed by atoms with Gasteiger partial charge in [-0.2, -0.15) is 0 Å². The van der Waals surface area contributed by atoms with E-state index in [0.717, 1.165) is 29.4 Å². The smallest absolute Gasteiger partial charge is 0.338 e. The molecule has 216 valence electrons. The molecule has 1 aliphatic rings. The Labute approximate surface area is 284 Å². The first-order chi connectivity index (χ1) is 20.1. The molecule has 1 aromatic heterocycles. The van der Waals surface area contributed by atoms with Crippen LogP contribution in [-0.2, 0) is 16.1 Å². The van der Waals surface area contributed by atoms with E-state index in [-0.39, 0.29) is 18.8 Å². The summed E-state index contributed by atoms with van der Waals surface area (Å²) in [5.74, 6) is 0.147. The van der Waals surface area contributed by atoms with Crippen molar-refractivity contribution < 1.29 is 14.3 Å². The molecule has 2 heterocycles. The highest BCUT2D eigenvalue weighted by Gasteiger charge is 2.33. The number of carbonyl (C=O) groups excluding carboxylic acids is 1. The van der Waals surface area contributed by atoms with Crippen LogP contribution in [0.1, 0.15) is 42.1 Å². The Morgan fingerprint density at radius 2 is 1.83 bits per heavy atom. The van der Waals surface area contributed by atoms with Gasteiger partial charge < -0.3 is 9.47 Å². The van der Waals surface area contributed by atoms with E-state index in [2.05, 4.69) is 50.2 Å². The first kappa shape index (κ1) is 31.2. The van der Waals surface area contributed by atoms with Crippen LogP contribution in [0, 0.1) is 14.1 Å². The Morgan fingerprint density at radius 1 is 1.10 bits per heavy atom. The van der Waals surface area contributed by atoms with Crippen molar-refractivity contribution in [2.45, 2.75) is 33.4 Å². The van der Waals surface area contributed by atoms with Crippen LogP contribution in [0.15, 0.2) is 75.7 Å². The predicted molar refractivity (Wildman–Crippen MR) is 184 cm³/mol. The van der Waals surface area contributed by atoms with Gasteiger partial charge in [-0.25, -0.2) is 9.79 Å². The molecule has 0 radical (unpaired) electrons. The Kier molecular flexibility index (Phi) is 9.83. The van der Waals surface area contributed by atoms with Crippen molar-refractivity contribution in [3.05, 3.63) is 125 Å². The molecule has 3 aromatic carbocycles. The zero-order valence-electron chi connectivity index (χ0n) is 22.7. The van der Waals surface area contributed by atoms with Gasteiger partial charge in [0.25, 0.3) is 5.56 Å². The van der Waals surface area contributed by atoms with Crippen LogP contribution in [0.3, 0.4) is 0 Å². The fraction of sp³-hybridized carbons (Fsp3) is 0.194. The van der Waals surface area contributed by atoms with Crippen molar-refractivity contribution in [2.75, 3.05) is 6.61 Å². The second-order valence-electron chi connectivity index (χ2n) is 9.54. The average molecular weight is 845 g/mol. The van der Waals surface area contributed by atoms with Crippen LogP contribution < -0.4 is 19.6 Å². The molecule has 11 heteroatoms. The van der Waals surface area contributed by atoms with Crippen LogP contribution in [0.5, 0.6) is 5.75 Å². The Morgan fingerprint density at radius 3 is 2.52 bits per heavy atom. The summed E-state index contributed by atoms with van der Waals surface area (Å²) < 4.78 is 15.6. The monoisotopic (exact) mass is 844 g/mol. The molecule has 4 aromatic rings. The number of halogens is 4. The molecule has 1 aliphatic heterocycles. The summed E-state index contributed by atoms with van der Waals surface area (Å²) in [6, 6.07) is 16.4. The van der Waals surface area contributed by atoms with Gasteiger partial charge in [0.05, 0.1) is 32.0 Å². The van der Waals surface area contributed by atoms with Gasteiger partial charge in [0, 0.05) is 24.7 Å². The quantitative estimate of drug-likeness (QED) is 0.146. The number of nitrogens with zero attached hydrogens (tertiary/aromatic N) is 2. The third-order valence-corrected chi connectivity index (χ3v) is 9.61. The highest BCUT2D eigenvalue weighted by molar-refractivity contribution is 14.1. The second-order valence-corrected chi connectivity index (χ2v) is 13.8. The maximum absolute atomic E-state index is 14.1. The maximum atomic E-state index is 14.1. The van der Waals surface area contributed by atoms with Crippen LogP contribution in [0.2, 0.25) is 10.0 Å². The average Bonchev–Trinajstić information content (AvgIpc) is 3.23. The molecule has 0 spiro atoms. The third-order valence-electron chi connectivity index (χ3n) is 6.62. The molecule has 0 aliphatic carbocycles. The first-order valence-corrected chi connectivity index (χ1v) is 16.6. The lowest BCUT2D eigenvalue weighted by molar-refractivity contribution is -0.139. The molecule has 0 saturated carbocycles. The van der Waals surface area contributed by atoms with Crippen LogP contribution in [0.4, 0.5) is 0 Å². The number of rotatable bonds is 7. The SMILES string of the molecule is CCOC(=O)C1=C(C)N=c2s/c(=C\c3cc(I)cc(I)c3OCc3ccc(Cl)cc3Cl)c(=O)n2[C@H]1c1ccc(C)cc1. The topological polar surface area (TPSA) is 69.9 Å². The molecule has 0 unspecified atom stereocenters. The van der Waals surface area contributed by atoms with E-state index in [0.29, 0.717) is 36.4 Å². The number of thiazole rings is 1. The van der Waals surface area contributed by atoms with Gasteiger partial charge in [0.15, 0.2) is 4.80 Å². The van der Waals surface area contributed by atoms with Crippen molar-refractivity contribution in [1.82, 2.24) is 4.57 Å². The van der Waals surface area contributed by atoms with E-state index < -0.39 is 12.0 Å². The minimum atomic E-state index is -0.665. The molecule has 0 N–H and O–H groups in total. The zero-order chi connectivity index (χ0) is 30.1. The van der Waals surface area contributed by atoms with Gasteiger partial charge in [-0.05, 0) is 102 Å². The van der Waals surface area contributed by atoms with Crippen LogP contribution in [0.25, 0.3) is 6.08 Å². The van der Waals surface area contributed by atoms with Gasteiger partial charge in [-0.15, -0.1) is 0 Å². The van der Waals surface area contributed by atoms with Crippen LogP contribution >= 0.6 is 79.7 Å². The van der Waals surface area contributed by atoms with Crippen molar-refractivity contribution in [3.8, 4) is 5.75 Å². The summed E-state index contributed by atoms with van der Waals surface area (Å²) in [7, 11) is 0. The lowest BCUT2D eigenvalue weighted by atomic mass is 9.95. The zero-order valence-corrected chi connectivity index (χ0v) is 29.4. The normalized spacial score (nSPS) is 14.9. The van der Waals surface area contributed by atoms with Crippen LogP contribution in [-0.4, -0.2) is 17.1 Å². The summed E-state index contributed by atoms with van der Waals surface area (Å²) in [5, 5.41) is 1.07. The van der Waals surface area contributed by atoms with Crippen molar-refractivity contribution in [2.24, 2.45) is 4.99 Å². The third kappa shape index (κ3) is 6.50. The molecule has 42 heavy (non-hydrogen) atoms. The van der Waals surface area contributed by atoms with E-state index in [1.165, 1.54) is 11.3 Å². The Bertz CT molecular complexity index is 1920. The molecule has 0 bridgehead atoms. The number of hydrogen-bond acceptors (Lipinski definition) is 6. The summed E-state index contributed by atoms with van der Waals surface area (Å²) in [6.07, 6.45) is 1.82. The molecular formula is C31H24Cl2I2N2O4S. The van der Waals surface area contributed by atoms with Crippen molar-refractivity contribution in [3.63, 3.8) is 0 Å². The fourth-order valence-electron chi connectivity index (χ4n) is 4.63. The maximum Gasteiger partial charge on any atom is 0.338 e. The van der Waals surface area contributed by atoms with E-state index in [9.17, 15) is 9.59 Å². The minimum Gasteiger partial charge on any atom is -0.487 e. The summed E-state index contributed by atoms with van der Waals surface area (Å²) in [4.78, 5) is 32.4. The molecule has 5 rings (SSSR count).